The molecule has 20 heavy (non-hydrogen) atoms. The zero-order valence-corrected chi connectivity index (χ0v) is 11.6. The van der Waals surface area contributed by atoms with Crippen molar-refractivity contribution in [2.24, 2.45) is 0 Å². The molecule has 0 aliphatic carbocycles. The second-order valence-electron chi connectivity index (χ2n) is 4.68. The highest BCUT2D eigenvalue weighted by Gasteiger charge is 2.17. The van der Waals surface area contributed by atoms with Gasteiger partial charge in [0.15, 0.2) is 0 Å². The molecule has 0 radical (unpaired) electrons. The summed E-state index contributed by atoms with van der Waals surface area (Å²) in [6.07, 6.45) is 3.53. The lowest BCUT2D eigenvalue weighted by Crippen LogP contribution is -2.25. The van der Waals surface area contributed by atoms with Crippen LogP contribution in [0, 0.1) is 0 Å². The van der Waals surface area contributed by atoms with Crippen LogP contribution in [0.3, 0.4) is 0 Å². The molecule has 2 aromatic heterocycles. The van der Waals surface area contributed by atoms with E-state index in [0.717, 1.165) is 0 Å². The quantitative estimate of drug-likeness (QED) is 0.799. The number of methoxy groups -OCH3 is 1. The van der Waals surface area contributed by atoms with Gasteiger partial charge in [-0.05, 0) is 13.8 Å². The molecule has 0 unspecified atom stereocenters. The molecule has 0 saturated carbocycles. The molecule has 0 atom stereocenters. The Bertz CT molecular complexity index is 556. The van der Waals surface area contributed by atoms with Gasteiger partial charge in [-0.15, -0.1) is 0 Å². The van der Waals surface area contributed by atoms with E-state index in [0.29, 0.717) is 13.0 Å². The fourth-order valence-electron chi connectivity index (χ4n) is 1.33. The maximum atomic E-state index is 5.62. The lowest BCUT2D eigenvalue weighted by Gasteiger charge is -2.22. The molecule has 0 saturated heterocycles. The SMILES string of the molecule is COC(C)(C)CCOc1nc(N)nc(-n2cncn2)n1. The predicted octanol–water partition coefficient (Wildman–Crippen LogP) is 0.228. The number of nitrogen functional groups attached to an aromatic ring is 1. The minimum Gasteiger partial charge on any atom is -0.463 e. The van der Waals surface area contributed by atoms with Crippen LogP contribution in [0.2, 0.25) is 0 Å². The maximum absolute atomic E-state index is 5.62. The molecule has 2 heterocycles. The largest absolute Gasteiger partial charge is 0.463 e. The summed E-state index contributed by atoms with van der Waals surface area (Å²) in [6, 6.07) is 0.148. The maximum Gasteiger partial charge on any atom is 0.323 e. The molecule has 0 aliphatic rings. The second kappa shape index (κ2) is 5.78. The van der Waals surface area contributed by atoms with E-state index in [1.807, 2.05) is 13.8 Å². The van der Waals surface area contributed by atoms with E-state index in [9.17, 15) is 0 Å². The van der Waals surface area contributed by atoms with Gasteiger partial charge in [0, 0.05) is 13.5 Å². The minimum atomic E-state index is -0.271. The number of nitrogens with zero attached hydrogens (tertiary/aromatic N) is 6. The van der Waals surface area contributed by atoms with E-state index < -0.39 is 0 Å². The summed E-state index contributed by atoms with van der Waals surface area (Å²) in [5, 5.41) is 3.92. The van der Waals surface area contributed by atoms with Gasteiger partial charge in [0.1, 0.15) is 12.7 Å². The number of ether oxygens (including phenoxy) is 2. The van der Waals surface area contributed by atoms with Gasteiger partial charge in [-0.25, -0.2) is 4.98 Å². The van der Waals surface area contributed by atoms with Gasteiger partial charge in [-0.1, -0.05) is 0 Å². The van der Waals surface area contributed by atoms with Crippen LogP contribution >= 0.6 is 0 Å². The highest BCUT2D eigenvalue weighted by atomic mass is 16.5. The van der Waals surface area contributed by atoms with Gasteiger partial charge >= 0.3 is 6.01 Å². The van der Waals surface area contributed by atoms with Gasteiger partial charge in [0.25, 0.3) is 5.95 Å². The van der Waals surface area contributed by atoms with Crippen molar-refractivity contribution in [1.29, 1.82) is 0 Å². The van der Waals surface area contributed by atoms with Gasteiger partial charge in [0.05, 0.1) is 12.2 Å². The third-order valence-electron chi connectivity index (χ3n) is 2.73. The van der Waals surface area contributed by atoms with Crippen molar-refractivity contribution >= 4 is 5.95 Å². The normalized spacial score (nSPS) is 11.6. The Morgan fingerprint density at radius 2 is 2.10 bits per heavy atom. The molecule has 2 N–H and O–H groups in total. The number of hydrogen-bond acceptors (Lipinski definition) is 8. The zero-order chi connectivity index (χ0) is 14.6. The molecule has 0 aliphatic heterocycles. The van der Waals surface area contributed by atoms with Crippen LogP contribution in [0.1, 0.15) is 20.3 Å². The highest BCUT2D eigenvalue weighted by molar-refractivity contribution is 5.23. The van der Waals surface area contributed by atoms with E-state index in [-0.39, 0.29) is 23.5 Å². The number of rotatable bonds is 6. The number of hydrogen-bond donors (Lipinski definition) is 1. The first-order chi connectivity index (χ1) is 9.50. The molecule has 0 bridgehead atoms. The Balaban J connectivity index is 2.05. The fraction of sp³-hybridized carbons (Fsp3) is 0.545. The van der Waals surface area contributed by atoms with Crippen molar-refractivity contribution < 1.29 is 9.47 Å². The molecule has 0 amide bonds. The van der Waals surface area contributed by atoms with Gasteiger partial charge in [-0.3, -0.25) is 0 Å². The topological polar surface area (TPSA) is 114 Å². The highest BCUT2D eigenvalue weighted by Crippen LogP contribution is 2.14. The van der Waals surface area contributed by atoms with E-state index in [2.05, 4.69) is 25.0 Å². The molecule has 0 aromatic carbocycles. The monoisotopic (exact) mass is 279 g/mol. The van der Waals surface area contributed by atoms with Crippen LogP contribution in [0.4, 0.5) is 5.95 Å². The van der Waals surface area contributed by atoms with E-state index in [4.69, 9.17) is 15.2 Å². The molecule has 2 rings (SSSR count). The first-order valence-corrected chi connectivity index (χ1v) is 6.05. The van der Waals surface area contributed by atoms with E-state index >= 15 is 0 Å². The van der Waals surface area contributed by atoms with Crippen LogP contribution in [0.25, 0.3) is 5.95 Å². The predicted molar refractivity (Wildman–Crippen MR) is 70.4 cm³/mol. The summed E-state index contributed by atoms with van der Waals surface area (Å²) >= 11 is 0. The van der Waals surface area contributed by atoms with Crippen LogP contribution in [-0.4, -0.2) is 49.0 Å². The summed E-state index contributed by atoms with van der Waals surface area (Å²) < 4.78 is 12.2. The zero-order valence-electron chi connectivity index (χ0n) is 11.6. The van der Waals surface area contributed by atoms with Crippen molar-refractivity contribution in [3.8, 4) is 12.0 Å². The van der Waals surface area contributed by atoms with E-state index in [1.165, 1.54) is 17.3 Å². The van der Waals surface area contributed by atoms with Crippen LogP contribution in [-0.2, 0) is 4.74 Å². The molecule has 108 valence electrons. The molecular formula is C11H17N7O2. The lowest BCUT2D eigenvalue weighted by atomic mass is 10.1. The summed E-state index contributed by atoms with van der Waals surface area (Å²) in [5.74, 6) is 0.322. The minimum absolute atomic E-state index is 0.0616. The molecule has 9 heteroatoms. The Hall–Kier alpha value is -2.29. The molecule has 9 nitrogen and oxygen atoms in total. The van der Waals surface area contributed by atoms with Crippen molar-refractivity contribution in [2.45, 2.75) is 25.9 Å². The summed E-state index contributed by atoms with van der Waals surface area (Å²) in [7, 11) is 1.66. The Labute approximate surface area is 116 Å². The molecule has 0 spiro atoms. The average Bonchev–Trinajstić information content (AvgIpc) is 2.92. The average molecular weight is 279 g/mol. The fourth-order valence-corrected chi connectivity index (χ4v) is 1.33. The Kier molecular flexibility index (Phi) is 4.08. The molecular weight excluding hydrogens is 262 g/mol. The third-order valence-corrected chi connectivity index (χ3v) is 2.73. The van der Waals surface area contributed by atoms with Gasteiger partial charge in [-0.2, -0.15) is 24.7 Å². The third kappa shape index (κ3) is 3.60. The summed E-state index contributed by atoms with van der Waals surface area (Å²) in [5.41, 5.74) is 5.35. The number of anilines is 1. The van der Waals surface area contributed by atoms with Crippen molar-refractivity contribution in [2.75, 3.05) is 19.5 Å². The van der Waals surface area contributed by atoms with Crippen molar-refractivity contribution in [3.63, 3.8) is 0 Å². The standard InChI is InChI=1S/C11H17N7O2/c1-11(2,19-3)4-5-20-10-16-8(12)15-9(17-10)18-7-13-6-14-18/h6-7H,4-5H2,1-3H3,(H2,12,15,16,17). The van der Waals surface area contributed by atoms with Crippen LogP contribution in [0.5, 0.6) is 6.01 Å². The first kappa shape index (κ1) is 14.1. The summed E-state index contributed by atoms with van der Waals surface area (Å²) in [4.78, 5) is 15.8. The smallest absolute Gasteiger partial charge is 0.323 e. The van der Waals surface area contributed by atoms with Crippen LogP contribution in [0.15, 0.2) is 12.7 Å². The van der Waals surface area contributed by atoms with Crippen molar-refractivity contribution in [3.05, 3.63) is 12.7 Å². The van der Waals surface area contributed by atoms with Gasteiger partial charge < -0.3 is 15.2 Å². The first-order valence-electron chi connectivity index (χ1n) is 6.05. The van der Waals surface area contributed by atoms with E-state index in [1.54, 1.807) is 7.11 Å². The summed E-state index contributed by atoms with van der Waals surface area (Å²) in [6.45, 7) is 4.35. The lowest BCUT2D eigenvalue weighted by molar-refractivity contribution is 0.00467. The van der Waals surface area contributed by atoms with Gasteiger partial charge in [0.2, 0.25) is 5.95 Å². The molecule has 0 fully saturated rings. The second-order valence-corrected chi connectivity index (χ2v) is 4.68. The van der Waals surface area contributed by atoms with Crippen LogP contribution < -0.4 is 10.5 Å². The molecule has 2 aromatic rings. The van der Waals surface area contributed by atoms with Crippen molar-refractivity contribution in [1.82, 2.24) is 29.7 Å². The Morgan fingerprint density at radius 1 is 1.30 bits per heavy atom. The Morgan fingerprint density at radius 3 is 2.75 bits per heavy atom. The number of nitrogens with two attached hydrogens (primary N) is 1. The number of aromatic nitrogens is 6.